The van der Waals surface area contributed by atoms with E-state index in [-0.39, 0.29) is 16.7 Å². The van der Waals surface area contributed by atoms with E-state index in [1.54, 1.807) is 0 Å². The summed E-state index contributed by atoms with van der Waals surface area (Å²) in [5.74, 6) is 0.455. The zero-order valence-corrected chi connectivity index (χ0v) is 14.2. The molecule has 1 heterocycles. The van der Waals surface area contributed by atoms with Crippen molar-refractivity contribution < 1.29 is 13.2 Å². The van der Waals surface area contributed by atoms with Gasteiger partial charge in [-0.3, -0.25) is 0 Å². The van der Waals surface area contributed by atoms with Gasteiger partial charge in [-0.1, -0.05) is 23.7 Å². The van der Waals surface area contributed by atoms with Crippen molar-refractivity contribution in [2.75, 3.05) is 10.6 Å². The lowest BCUT2D eigenvalue weighted by molar-refractivity contribution is -0.137. The number of nitrogens with one attached hydrogen (secondary N) is 2. The third-order valence-electron chi connectivity index (χ3n) is 3.38. The molecule has 0 spiro atoms. The summed E-state index contributed by atoms with van der Waals surface area (Å²) >= 11 is 5.61. The predicted octanol–water partition coefficient (Wildman–Crippen LogP) is 5.34. The van der Waals surface area contributed by atoms with Crippen LogP contribution in [0.25, 0.3) is 0 Å². The molecule has 5 nitrogen and oxygen atoms in total. The molecule has 0 saturated heterocycles. The highest BCUT2D eigenvalue weighted by atomic mass is 35.5. The van der Waals surface area contributed by atoms with E-state index in [1.807, 2.05) is 31.2 Å². The SMILES string of the molecule is Cc1cccc(Nc2cnnc(Nc3ccc(Cl)c(C(F)(F)F)c3)n2)c1. The molecule has 2 N–H and O–H groups in total. The molecule has 0 fully saturated rings. The van der Waals surface area contributed by atoms with Crippen molar-refractivity contribution in [2.45, 2.75) is 13.1 Å². The number of alkyl halides is 3. The number of hydrogen-bond acceptors (Lipinski definition) is 5. The van der Waals surface area contributed by atoms with Crippen LogP contribution in [-0.2, 0) is 6.18 Å². The number of anilines is 4. The minimum atomic E-state index is -4.55. The normalized spacial score (nSPS) is 11.3. The summed E-state index contributed by atoms with van der Waals surface area (Å²) in [5, 5.41) is 13.0. The topological polar surface area (TPSA) is 62.7 Å². The molecule has 3 rings (SSSR count). The van der Waals surface area contributed by atoms with Crippen molar-refractivity contribution in [3.63, 3.8) is 0 Å². The van der Waals surface area contributed by atoms with Crippen molar-refractivity contribution in [3.8, 4) is 0 Å². The van der Waals surface area contributed by atoms with Gasteiger partial charge in [0.2, 0.25) is 5.95 Å². The number of hydrogen-bond donors (Lipinski definition) is 2. The molecule has 2 aromatic carbocycles. The van der Waals surface area contributed by atoms with Crippen molar-refractivity contribution in [1.29, 1.82) is 0 Å². The standard InChI is InChI=1S/C17H13ClF3N5/c1-10-3-2-4-11(7-10)23-15-9-22-26-16(25-15)24-12-5-6-14(18)13(8-12)17(19,20)21/h2-9H,1H3,(H2,23,24,25,26). The van der Waals surface area contributed by atoms with Crippen LogP contribution in [0.15, 0.2) is 48.7 Å². The summed E-state index contributed by atoms with van der Waals surface area (Å²) in [6.07, 6.45) is -3.14. The monoisotopic (exact) mass is 379 g/mol. The van der Waals surface area contributed by atoms with Crippen LogP contribution in [-0.4, -0.2) is 15.2 Å². The van der Waals surface area contributed by atoms with Crippen LogP contribution in [0.1, 0.15) is 11.1 Å². The van der Waals surface area contributed by atoms with E-state index in [2.05, 4.69) is 25.8 Å². The minimum Gasteiger partial charge on any atom is -0.339 e. The highest BCUT2D eigenvalue weighted by molar-refractivity contribution is 6.31. The first-order valence-corrected chi connectivity index (χ1v) is 7.86. The Labute approximate surface area is 152 Å². The Morgan fingerprint density at radius 1 is 1.00 bits per heavy atom. The van der Waals surface area contributed by atoms with Crippen molar-refractivity contribution in [3.05, 3.63) is 64.8 Å². The largest absolute Gasteiger partial charge is 0.417 e. The van der Waals surface area contributed by atoms with Crippen LogP contribution in [0, 0.1) is 6.92 Å². The number of benzene rings is 2. The van der Waals surface area contributed by atoms with Crippen LogP contribution in [0.5, 0.6) is 0 Å². The van der Waals surface area contributed by atoms with E-state index in [0.717, 1.165) is 23.4 Å². The molecule has 0 amide bonds. The Bertz CT molecular complexity index is 930. The molecule has 0 aliphatic carbocycles. The van der Waals surface area contributed by atoms with Gasteiger partial charge in [0.1, 0.15) is 0 Å². The highest BCUT2D eigenvalue weighted by Gasteiger charge is 2.33. The van der Waals surface area contributed by atoms with Crippen LogP contribution >= 0.6 is 11.6 Å². The zero-order valence-electron chi connectivity index (χ0n) is 13.5. The first-order chi connectivity index (χ1) is 12.3. The first kappa shape index (κ1) is 17.9. The van der Waals surface area contributed by atoms with E-state index < -0.39 is 11.7 Å². The average Bonchev–Trinajstić information content (AvgIpc) is 2.56. The number of rotatable bonds is 4. The summed E-state index contributed by atoms with van der Waals surface area (Å²) in [5.41, 5.74) is 1.08. The van der Waals surface area contributed by atoms with E-state index in [1.165, 1.54) is 12.3 Å². The van der Waals surface area contributed by atoms with Crippen LogP contribution < -0.4 is 10.6 Å². The van der Waals surface area contributed by atoms with Crippen molar-refractivity contribution in [2.24, 2.45) is 0 Å². The van der Waals surface area contributed by atoms with Gasteiger partial charge < -0.3 is 10.6 Å². The summed E-state index contributed by atoms with van der Waals surface area (Å²) < 4.78 is 38.8. The smallest absolute Gasteiger partial charge is 0.339 e. The summed E-state index contributed by atoms with van der Waals surface area (Å²) in [6.45, 7) is 1.95. The van der Waals surface area contributed by atoms with Gasteiger partial charge in [-0.05, 0) is 42.8 Å². The van der Waals surface area contributed by atoms with Gasteiger partial charge in [-0.2, -0.15) is 23.3 Å². The molecule has 26 heavy (non-hydrogen) atoms. The Morgan fingerprint density at radius 3 is 2.50 bits per heavy atom. The van der Waals surface area contributed by atoms with Crippen LogP contribution in [0.4, 0.5) is 36.3 Å². The molecule has 0 aliphatic heterocycles. The van der Waals surface area contributed by atoms with Gasteiger partial charge in [-0.25, -0.2) is 0 Å². The predicted molar refractivity (Wildman–Crippen MR) is 94.0 cm³/mol. The van der Waals surface area contributed by atoms with Gasteiger partial charge in [0.25, 0.3) is 0 Å². The maximum Gasteiger partial charge on any atom is 0.417 e. The maximum absolute atomic E-state index is 12.9. The molecule has 3 aromatic rings. The van der Waals surface area contributed by atoms with E-state index in [9.17, 15) is 13.2 Å². The van der Waals surface area contributed by atoms with E-state index >= 15 is 0 Å². The number of aryl methyl sites for hydroxylation is 1. The Morgan fingerprint density at radius 2 is 1.77 bits per heavy atom. The van der Waals surface area contributed by atoms with E-state index in [0.29, 0.717) is 5.82 Å². The third-order valence-corrected chi connectivity index (χ3v) is 3.71. The van der Waals surface area contributed by atoms with Crippen LogP contribution in [0.2, 0.25) is 5.02 Å². The Kier molecular flexibility index (Phi) is 4.94. The zero-order chi connectivity index (χ0) is 18.7. The third kappa shape index (κ3) is 4.40. The molecule has 0 atom stereocenters. The molecule has 9 heteroatoms. The first-order valence-electron chi connectivity index (χ1n) is 7.48. The molecular weight excluding hydrogens is 367 g/mol. The fourth-order valence-electron chi connectivity index (χ4n) is 2.24. The van der Waals surface area contributed by atoms with Gasteiger partial charge in [-0.15, -0.1) is 5.10 Å². The number of halogens is 4. The molecule has 134 valence electrons. The summed E-state index contributed by atoms with van der Waals surface area (Å²) in [4.78, 5) is 4.20. The second-order valence-electron chi connectivity index (χ2n) is 5.48. The molecular formula is C17H13ClF3N5. The van der Waals surface area contributed by atoms with Gasteiger partial charge >= 0.3 is 6.18 Å². The number of aromatic nitrogens is 3. The second-order valence-corrected chi connectivity index (χ2v) is 5.88. The maximum atomic E-state index is 12.9. The highest BCUT2D eigenvalue weighted by Crippen LogP contribution is 2.36. The molecule has 0 aliphatic rings. The average molecular weight is 380 g/mol. The quantitative estimate of drug-likeness (QED) is 0.640. The van der Waals surface area contributed by atoms with E-state index in [4.69, 9.17) is 11.6 Å². The number of nitrogens with zero attached hydrogens (tertiary/aromatic N) is 3. The molecule has 0 bridgehead atoms. The second kappa shape index (κ2) is 7.17. The minimum absolute atomic E-state index is 0.0538. The van der Waals surface area contributed by atoms with Gasteiger partial charge in [0.05, 0.1) is 16.8 Å². The molecule has 1 aromatic heterocycles. The van der Waals surface area contributed by atoms with Crippen molar-refractivity contribution >= 4 is 34.7 Å². The summed E-state index contributed by atoms with van der Waals surface area (Å²) in [7, 11) is 0. The molecule has 0 saturated carbocycles. The molecule has 0 radical (unpaired) electrons. The molecule has 0 unspecified atom stereocenters. The lowest BCUT2D eigenvalue weighted by Crippen LogP contribution is -2.07. The van der Waals surface area contributed by atoms with Crippen molar-refractivity contribution in [1.82, 2.24) is 15.2 Å². The van der Waals surface area contributed by atoms with Crippen LogP contribution in [0.3, 0.4) is 0 Å². The van der Waals surface area contributed by atoms with Gasteiger partial charge in [0, 0.05) is 11.4 Å². The Hall–Kier alpha value is -2.87. The lowest BCUT2D eigenvalue weighted by atomic mass is 10.2. The fourth-order valence-corrected chi connectivity index (χ4v) is 2.46. The lowest BCUT2D eigenvalue weighted by Gasteiger charge is -2.12. The Balaban J connectivity index is 1.81. The fraction of sp³-hybridized carbons (Fsp3) is 0.118. The summed E-state index contributed by atoms with van der Waals surface area (Å²) in [6, 6.07) is 11.1. The van der Waals surface area contributed by atoms with Gasteiger partial charge in [0.15, 0.2) is 5.82 Å².